The van der Waals surface area contributed by atoms with Gasteiger partial charge in [-0.2, -0.15) is 0 Å². The Kier molecular flexibility index (Phi) is 8.86. The number of carbonyl (C=O) groups excluding carboxylic acids is 1. The van der Waals surface area contributed by atoms with Crippen LogP contribution < -0.4 is 29.3 Å². The number of ether oxygens (including phenoxy) is 5. The Hall–Kier alpha value is -5.93. The summed E-state index contributed by atoms with van der Waals surface area (Å²) in [6.45, 7) is 5.72. The number of carbonyl (C=O) groups is 1. The summed E-state index contributed by atoms with van der Waals surface area (Å²) in [7, 11) is 7.38. The summed E-state index contributed by atoms with van der Waals surface area (Å²) in [4.78, 5) is 36.5. The van der Waals surface area contributed by atoms with E-state index in [0.717, 1.165) is 16.7 Å². The van der Waals surface area contributed by atoms with Crippen molar-refractivity contribution in [1.82, 2.24) is 0 Å². The summed E-state index contributed by atoms with van der Waals surface area (Å²) in [5.41, 5.74) is 5.87. The highest BCUT2D eigenvalue weighted by molar-refractivity contribution is 6.00. The van der Waals surface area contributed by atoms with Crippen molar-refractivity contribution in [3.8, 4) is 62.1 Å². The van der Waals surface area contributed by atoms with Crippen LogP contribution in [0.1, 0.15) is 32.6 Å². The minimum absolute atomic E-state index is 0.0683. The SMILES string of the molecule is COc1cc(OC)c(-c2c(C)c(-c3cc(C(=O)O)c(OC)cc3OC)c(C)c(-c3cc4c(=O)ooc4cc3OC)c2C)cc1C=C=O. The van der Waals surface area contributed by atoms with Crippen molar-refractivity contribution in [2.75, 3.05) is 35.5 Å². The number of carboxylic acids is 1. The summed E-state index contributed by atoms with van der Waals surface area (Å²) in [5, 5.41) is 10.3. The maximum Gasteiger partial charge on any atom is 0.390 e. The van der Waals surface area contributed by atoms with Gasteiger partial charge in [0.15, 0.2) is 5.58 Å². The molecule has 1 N–H and O–H groups in total. The number of hydrogen-bond acceptors (Lipinski definition) is 10. The summed E-state index contributed by atoms with van der Waals surface area (Å²) < 4.78 is 38.2. The minimum Gasteiger partial charge on any atom is -0.496 e. The average Bonchev–Trinajstić information content (AvgIpc) is 3.43. The predicted octanol–water partition coefficient (Wildman–Crippen LogP) is 6.90. The first-order valence-electron chi connectivity index (χ1n) is 14.3. The highest BCUT2D eigenvalue weighted by atomic mass is 17.0. The van der Waals surface area contributed by atoms with Crippen LogP contribution in [0.3, 0.4) is 0 Å². The molecule has 0 saturated carbocycles. The van der Waals surface area contributed by atoms with Crippen molar-refractivity contribution >= 4 is 29.0 Å². The molecule has 5 aromatic rings. The zero-order valence-corrected chi connectivity index (χ0v) is 27.1. The Morgan fingerprint density at radius 2 is 1.13 bits per heavy atom. The summed E-state index contributed by atoms with van der Waals surface area (Å²) in [6, 6.07) is 9.69. The third kappa shape index (κ3) is 5.36. The number of methoxy groups -OCH3 is 5. The predicted molar refractivity (Wildman–Crippen MR) is 175 cm³/mol. The van der Waals surface area contributed by atoms with Crippen molar-refractivity contribution in [2.24, 2.45) is 0 Å². The summed E-state index contributed by atoms with van der Waals surface area (Å²) in [6.07, 6.45) is 1.27. The van der Waals surface area contributed by atoms with Crippen LogP contribution in [0.2, 0.25) is 0 Å². The van der Waals surface area contributed by atoms with E-state index in [0.29, 0.717) is 61.9 Å². The molecular formula is C36H32O11. The second-order valence-corrected chi connectivity index (χ2v) is 10.6. The van der Waals surface area contributed by atoms with E-state index < -0.39 is 11.6 Å². The van der Waals surface area contributed by atoms with Gasteiger partial charge in [0.25, 0.3) is 0 Å². The van der Waals surface area contributed by atoms with Crippen molar-refractivity contribution in [3.05, 3.63) is 74.6 Å². The van der Waals surface area contributed by atoms with Gasteiger partial charge in [-0.3, -0.25) is 4.58 Å². The number of hydrogen-bond donors (Lipinski definition) is 1. The van der Waals surface area contributed by atoms with Gasteiger partial charge in [-0.1, -0.05) is 0 Å². The standard InChI is InChI=1S/C36H32O11/c1-17-32(21-11-20(9-10-37)26(41-4)14-27(21)42-5)18(2)34(23-13-25-31(16-29(23)44-7)46-47-36(25)40)19(3)33(17)22-12-24(35(38)39)30(45-8)15-28(22)43-6/h9,11-16H,1-8H3,(H,38,39). The fourth-order valence-corrected chi connectivity index (χ4v) is 6.27. The van der Waals surface area contributed by atoms with Crippen molar-refractivity contribution in [2.45, 2.75) is 20.8 Å². The monoisotopic (exact) mass is 640 g/mol. The molecule has 0 saturated heterocycles. The molecule has 0 aliphatic heterocycles. The largest absolute Gasteiger partial charge is 0.496 e. The molecule has 0 aliphatic rings. The van der Waals surface area contributed by atoms with Gasteiger partial charge in [-0.15, -0.1) is 0 Å². The number of rotatable bonds is 10. The molecule has 4 aromatic carbocycles. The van der Waals surface area contributed by atoms with Crippen LogP contribution >= 0.6 is 0 Å². The lowest BCUT2D eigenvalue weighted by atomic mass is 9.79. The van der Waals surface area contributed by atoms with Gasteiger partial charge in [-0.05, 0) is 72.4 Å². The van der Waals surface area contributed by atoms with E-state index in [2.05, 4.69) is 0 Å². The topological polar surface area (TPSA) is 144 Å². The summed E-state index contributed by atoms with van der Waals surface area (Å²) >= 11 is 0. The average molecular weight is 641 g/mol. The lowest BCUT2D eigenvalue weighted by molar-refractivity contribution is 0.0657. The van der Waals surface area contributed by atoms with Gasteiger partial charge in [0, 0.05) is 46.5 Å². The summed E-state index contributed by atoms with van der Waals surface area (Å²) in [5.74, 6) is 2.37. The van der Waals surface area contributed by atoms with E-state index in [1.54, 1.807) is 24.3 Å². The van der Waals surface area contributed by atoms with E-state index in [-0.39, 0.29) is 22.3 Å². The van der Waals surface area contributed by atoms with Crippen LogP contribution in [0.4, 0.5) is 0 Å². The molecule has 242 valence electrons. The molecule has 47 heavy (non-hydrogen) atoms. The van der Waals surface area contributed by atoms with Gasteiger partial charge in [0.2, 0.25) is 0 Å². The molecule has 0 amide bonds. The van der Waals surface area contributed by atoms with E-state index in [1.165, 1.54) is 53.8 Å². The molecule has 11 nitrogen and oxygen atoms in total. The van der Waals surface area contributed by atoms with Crippen LogP contribution in [0.5, 0.6) is 28.7 Å². The second kappa shape index (κ2) is 12.8. The molecule has 1 heterocycles. The second-order valence-electron chi connectivity index (χ2n) is 10.6. The molecular weight excluding hydrogens is 608 g/mol. The minimum atomic E-state index is -1.19. The maximum atomic E-state index is 12.6. The van der Waals surface area contributed by atoms with Crippen LogP contribution in [0, 0.1) is 20.8 Å². The zero-order chi connectivity index (χ0) is 34.2. The molecule has 0 bridgehead atoms. The first kappa shape index (κ1) is 32.5. The third-order valence-electron chi connectivity index (χ3n) is 8.31. The van der Waals surface area contributed by atoms with Crippen LogP contribution in [0.15, 0.2) is 50.3 Å². The number of carboxylic acid groups (broad SMARTS) is 1. The fraction of sp³-hybridized carbons (Fsp3) is 0.222. The molecule has 0 aliphatic carbocycles. The van der Waals surface area contributed by atoms with Crippen molar-refractivity contribution in [3.63, 3.8) is 0 Å². The Morgan fingerprint density at radius 3 is 1.62 bits per heavy atom. The van der Waals surface area contributed by atoms with E-state index in [4.69, 9.17) is 32.8 Å². The molecule has 11 heteroatoms. The molecule has 0 radical (unpaired) electrons. The lowest BCUT2D eigenvalue weighted by Gasteiger charge is -2.26. The number of benzene rings is 4. The van der Waals surface area contributed by atoms with Gasteiger partial charge in [0.05, 0.1) is 35.5 Å². The Balaban J connectivity index is 2.04. The molecule has 0 spiro atoms. The Labute approximate surface area is 269 Å². The van der Waals surface area contributed by atoms with E-state index >= 15 is 0 Å². The smallest absolute Gasteiger partial charge is 0.390 e. The number of fused-ring (bicyclic) bond motifs is 1. The van der Waals surface area contributed by atoms with E-state index in [9.17, 15) is 19.5 Å². The molecule has 5 rings (SSSR count). The molecule has 0 fully saturated rings. The van der Waals surface area contributed by atoms with Gasteiger partial charge >= 0.3 is 11.6 Å². The van der Waals surface area contributed by atoms with Crippen molar-refractivity contribution in [1.29, 1.82) is 0 Å². The van der Waals surface area contributed by atoms with Crippen LogP contribution in [0.25, 0.3) is 50.4 Å². The van der Waals surface area contributed by atoms with Gasteiger partial charge in [0.1, 0.15) is 45.6 Å². The van der Waals surface area contributed by atoms with Crippen LogP contribution in [-0.4, -0.2) is 52.6 Å². The lowest BCUT2D eigenvalue weighted by Crippen LogP contribution is -2.06. The third-order valence-corrected chi connectivity index (χ3v) is 8.31. The van der Waals surface area contributed by atoms with Gasteiger partial charge < -0.3 is 28.8 Å². The molecule has 0 atom stereocenters. The highest BCUT2D eigenvalue weighted by Crippen LogP contribution is 2.51. The fourth-order valence-electron chi connectivity index (χ4n) is 6.27. The highest BCUT2D eigenvalue weighted by Gasteiger charge is 2.28. The number of aromatic carboxylic acids is 1. The maximum absolute atomic E-state index is 12.6. The normalized spacial score (nSPS) is 10.8. The van der Waals surface area contributed by atoms with E-state index in [1.807, 2.05) is 26.7 Å². The Bertz CT molecular complexity index is 2070. The molecule has 0 unspecified atom stereocenters. The quantitative estimate of drug-likeness (QED) is 0.126. The Morgan fingerprint density at radius 1 is 0.660 bits per heavy atom. The first-order valence-corrected chi connectivity index (χ1v) is 14.3. The zero-order valence-electron chi connectivity index (χ0n) is 27.1. The van der Waals surface area contributed by atoms with Crippen molar-refractivity contribution < 1.29 is 47.5 Å². The first-order chi connectivity index (χ1) is 22.5. The van der Waals surface area contributed by atoms with Gasteiger partial charge in [-0.25, -0.2) is 19.0 Å². The van der Waals surface area contributed by atoms with Crippen LogP contribution in [-0.2, 0) is 4.79 Å². The molecule has 1 aromatic heterocycles.